The average Bonchev–Trinajstić information content (AvgIpc) is 2.58. The fourth-order valence-corrected chi connectivity index (χ4v) is 3.35. The predicted molar refractivity (Wildman–Crippen MR) is 91.9 cm³/mol. The van der Waals surface area contributed by atoms with Gasteiger partial charge >= 0.3 is 6.09 Å². The minimum atomic E-state index is -3.73. The van der Waals surface area contributed by atoms with Crippen LogP contribution >= 0.6 is 0 Å². The van der Waals surface area contributed by atoms with Crippen LogP contribution in [0.3, 0.4) is 0 Å². The standard InChI is InChI=1S/C15H19N3O8S/c1-27(23,24)26-12-6-7-13(14(16)19)17(8-12)15(20)25-9-10-2-4-11(5-3-10)18(21)22/h2-5,12-13H,6-9H2,1H3,(H2,16,19)/t12-,13+/m1/s1. The summed E-state index contributed by atoms with van der Waals surface area (Å²) in [5.41, 5.74) is 5.71. The van der Waals surface area contributed by atoms with Gasteiger partial charge in [-0.2, -0.15) is 8.42 Å². The first-order chi connectivity index (χ1) is 12.6. The molecule has 11 nitrogen and oxygen atoms in total. The molecule has 2 amide bonds. The van der Waals surface area contributed by atoms with E-state index in [2.05, 4.69) is 0 Å². The van der Waals surface area contributed by atoms with E-state index in [-0.39, 0.29) is 31.7 Å². The van der Waals surface area contributed by atoms with Crippen LogP contribution in [0.15, 0.2) is 24.3 Å². The summed E-state index contributed by atoms with van der Waals surface area (Å²) in [6, 6.07) is 4.47. The van der Waals surface area contributed by atoms with Crippen molar-refractivity contribution in [3.8, 4) is 0 Å². The number of rotatable bonds is 6. The van der Waals surface area contributed by atoms with Gasteiger partial charge in [-0.25, -0.2) is 4.79 Å². The van der Waals surface area contributed by atoms with E-state index < -0.39 is 39.2 Å². The summed E-state index contributed by atoms with van der Waals surface area (Å²) >= 11 is 0. The van der Waals surface area contributed by atoms with Crippen molar-refractivity contribution in [1.29, 1.82) is 0 Å². The molecule has 2 N–H and O–H groups in total. The Kier molecular flexibility index (Phi) is 6.33. The molecule has 2 rings (SSSR count). The fraction of sp³-hybridized carbons (Fsp3) is 0.467. The maximum atomic E-state index is 12.4. The number of ether oxygens (including phenoxy) is 1. The Morgan fingerprint density at radius 3 is 2.44 bits per heavy atom. The van der Waals surface area contributed by atoms with E-state index in [4.69, 9.17) is 14.7 Å². The Morgan fingerprint density at radius 2 is 1.93 bits per heavy atom. The van der Waals surface area contributed by atoms with Gasteiger partial charge < -0.3 is 10.5 Å². The largest absolute Gasteiger partial charge is 0.445 e. The van der Waals surface area contributed by atoms with Crippen LogP contribution in [-0.2, 0) is 30.4 Å². The summed E-state index contributed by atoms with van der Waals surface area (Å²) in [7, 11) is -3.73. The van der Waals surface area contributed by atoms with Crippen molar-refractivity contribution in [1.82, 2.24) is 4.90 Å². The number of piperidine rings is 1. The van der Waals surface area contributed by atoms with Gasteiger partial charge in [-0.1, -0.05) is 0 Å². The Balaban J connectivity index is 2.03. The highest BCUT2D eigenvalue weighted by atomic mass is 32.2. The molecule has 1 heterocycles. The van der Waals surface area contributed by atoms with Crippen LogP contribution in [0.4, 0.5) is 10.5 Å². The van der Waals surface area contributed by atoms with Crippen molar-refractivity contribution in [2.75, 3.05) is 12.8 Å². The van der Waals surface area contributed by atoms with Gasteiger partial charge in [0.1, 0.15) is 12.6 Å². The van der Waals surface area contributed by atoms with Crippen molar-refractivity contribution in [3.63, 3.8) is 0 Å². The molecule has 1 fully saturated rings. The number of hydrogen-bond donors (Lipinski definition) is 1. The molecular formula is C15H19N3O8S. The summed E-state index contributed by atoms with van der Waals surface area (Å²) in [5, 5.41) is 10.6. The number of amides is 2. The second kappa shape index (κ2) is 8.31. The number of nitro groups is 1. The molecule has 0 aliphatic carbocycles. The number of nitrogens with zero attached hydrogens (tertiary/aromatic N) is 2. The van der Waals surface area contributed by atoms with E-state index in [9.17, 15) is 28.1 Å². The van der Waals surface area contributed by atoms with Crippen LogP contribution in [0.1, 0.15) is 18.4 Å². The lowest BCUT2D eigenvalue weighted by Crippen LogP contribution is -2.54. The van der Waals surface area contributed by atoms with E-state index in [0.717, 1.165) is 11.2 Å². The quantitative estimate of drug-likeness (QED) is 0.410. The molecule has 0 radical (unpaired) electrons. The first kappa shape index (κ1) is 20.6. The number of benzene rings is 1. The lowest BCUT2D eigenvalue weighted by Gasteiger charge is -2.36. The third-order valence-electron chi connectivity index (χ3n) is 3.92. The number of primary amides is 1. The molecule has 148 valence electrons. The molecule has 1 aromatic rings. The SMILES string of the molecule is CS(=O)(=O)O[C@@H]1CC[C@@H](C(N)=O)N(C(=O)OCc2ccc([N+](=O)[O-])cc2)C1. The third kappa shape index (κ3) is 5.89. The van der Waals surface area contributed by atoms with Gasteiger partial charge in [-0.15, -0.1) is 0 Å². The molecule has 1 aliphatic heterocycles. The number of nitrogens with two attached hydrogens (primary N) is 1. The van der Waals surface area contributed by atoms with Gasteiger partial charge in [-0.05, 0) is 30.5 Å². The van der Waals surface area contributed by atoms with Gasteiger partial charge in [0.25, 0.3) is 15.8 Å². The van der Waals surface area contributed by atoms with E-state index in [1.54, 1.807) is 0 Å². The van der Waals surface area contributed by atoms with Gasteiger partial charge in [0.05, 0.1) is 23.8 Å². The summed E-state index contributed by atoms with van der Waals surface area (Å²) in [5.74, 6) is -0.736. The Bertz CT molecular complexity index is 824. The number of nitro benzene ring substituents is 1. The molecule has 0 spiro atoms. The van der Waals surface area contributed by atoms with E-state index in [1.807, 2.05) is 0 Å². The second-order valence-corrected chi connectivity index (χ2v) is 7.65. The molecule has 0 saturated carbocycles. The molecule has 27 heavy (non-hydrogen) atoms. The first-order valence-electron chi connectivity index (χ1n) is 7.91. The Hall–Kier alpha value is -2.73. The van der Waals surface area contributed by atoms with Crippen molar-refractivity contribution < 1.29 is 31.9 Å². The highest BCUT2D eigenvalue weighted by Crippen LogP contribution is 2.22. The zero-order valence-electron chi connectivity index (χ0n) is 14.4. The van der Waals surface area contributed by atoms with E-state index in [0.29, 0.717) is 5.56 Å². The number of likely N-dealkylation sites (tertiary alicyclic amines) is 1. The van der Waals surface area contributed by atoms with Gasteiger partial charge in [0.2, 0.25) is 5.91 Å². The van der Waals surface area contributed by atoms with Gasteiger partial charge in [0.15, 0.2) is 0 Å². The highest BCUT2D eigenvalue weighted by Gasteiger charge is 2.37. The molecular weight excluding hydrogens is 382 g/mol. The monoisotopic (exact) mass is 401 g/mol. The Labute approximate surface area is 155 Å². The number of non-ortho nitro benzene ring substituents is 1. The van der Waals surface area contributed by atoms with Crippen LogP contribution in [0.2, 0.25) is 0 Å². The summed E-state index contributed by atoms with van der Waals surface area (Å²) in [4.78, 5) is 35.1. The molecule has 2 atom stereocenters. The first-order valence-corrected chi connectivity index (χ1v) is 9.73. The zero-order valence-corrected chi connectivity index (χ0v) is 15.3. The summed E-state index contributed by atoms with van der Waals surface area (Å²) < 4.78 is 32.6. The molecule has 0 bridgehead atoms. The van der Waals surface area contributed by atoms with E-state index in [1.165, 1.54) is 24.3 Å². The second-order valence-electron chi connectivity index (χ2n) is 6.05. The van der Waals surface area contributed by atoms with Crippen LogP contribution in [-0.4, -0.2) is 55.2 Å². The van der Waals surface area contributed by atoms with Crippen LogP contribution in [0.5, 0.6) is 0 Å². The van der Waals surface area contributed by atoms with Crippen molar-refractivity contribution >= 4 is 27.8 Å². The average molecular weight is 401 g/mol. The Morgan fingerprint density at radius 1 is 1.30 bits per heavy atom. The zero-order chi connectivity index (χ0) is 20.2. The third-order valence-corrected chi connectivity index (χ3v) is 4.54. The summed E-state index contributed by atoms with van der Waals surface area (Å²) in [6.45, 7) is -0.351. The smallest absolute Gasteiger partial charge is 0.410 e. The van der Waals surface area contributed by atoms with Crippen molar-refractivity contribution in [2.45, 2.75) is 31.6 Å². The minimum Gasteiger partial charge on any atom is -0.445 e. The molecule has 1 aliphatic rings. The maximum absolute atomic E-state index is 12.4. The minimum absolute atomic E-state index is 0.101. The fourth-order valence-electron chi connectivity index (χ4n) is 2.70. The molecule has 1 aromatic carbocycles. The lowest BCUT2D eigenvalue weighted by molar-refractivity contribution is -0.384. The topological polar surface area (TPSA) is 159 Å². The van der Waals surface area contributed by atoms with Crippen molar-refractivity contribution in [2.24, 2.45) is 5.73 Å². The van der Waals surface area contributed by atoms with Crippen LogP contribution < -0.4 is 5.73 Å². The number of carbonyl (C=O) groups excluding carboxylic acids is 2. The van der Waals surface area contributed by atoms with Gasteiger partial charge in [-0.3, -0.25) is 24.0 Å². The maximum Gasteiger partial charge on any atom is 0.410 e. The highest BCUT2D eigenvalue weighted by molar-refractivity contribution is 7.86. The summed E-state index contributed by atoms with van der Waals surface area (Å²) in [6.07, 6.45) is -0.388. The van der Waals surface area contributed by atoms with Crippen molar-refractivity contribution in [3.05, 3.63) is 39.9 Å². The molecule has 0 aromatic heterocycles. The van der Waals surface area contributed by atoms with Crippen LogP contribution in [0.25, 0.3) is 0 Å². The van der Waals surface area contributed by atoms with Crippen LogP contribution in [0, 0.1) is 10.1 Å². The van der Waals surface area contributed by atoms with Gasteiger partial charge in [0, 0.05) is 12.1 Å². The molecule has 0 unspecified atom stereocenters. The lowest BCUT2D eigenvalue weighted by atomic mass is 10.0. The number of hydrogen-bond acceptors (Lipinski definition) is 8. The predicted octanol–water partition coefficient (Wildman–Crippen LogP) is 0.526. The molecule has 12 heteroatoms. The molecule has 1 saturated heterocycles. The van der Waals surface area contributed by atoms with E-state index >= 15 is 0 Å². The number of carbonyl (C=O) groups is 2. The normalized spacial score (nSPS) is 20.1.